The van der Waals surface area contributed by atoms with Gasteiger partial charge in [0, 0.05) is 6.54 Å². The minimum absolute atomic E-state index is 0.229. The van der Waals surface area contributed by atoms with Crippen molar-refractivity contribution in [2.24, 2.45) is 10.3 Å². The first kappa shape index (κ1) is 12.8. The highest BCUT2D eigenvalue weighted by Gasteiger charge is 2.54. The summed E-state index contributed by atoms with van der Waals surface area (Å²) in [5.41, 5.74) is 0.600. The van der Waals surface area contributed by atoms with Crippen LogP contribution in [0.2, 0.25) is 0 Å². The number of hydrogen-bond acceptors (Lipinski definition) is 5. The zero-order valence-electron chi connectivity index (χ0n) is 11.3. The number of unbranched alkanes of at least 4 members (excludes halogenated alkanes) is 1. The quantitative estimate of drug-likeness (QED) is 0.621. The van der Waals surface area contributed by atoms with Crippen molar-refractivity contribution in [1.29, 1.82) is 0 Å². The Morgan fingerprint density at radius 1 is 1.15 bits per heavy atom. The molecule has 2 atom stereocenters. The molecule has 0 saturated carbocycles. The fourth-order valence-electron chi connectivity index (χ4n) is 2.56. The van der Waals surface area contributed by atoms with E-state index in [0.717, 1.165) is 12.8 Å². The summed E-state index contributed by atoms with van der Waals surface area (Å²) in [5.74, 6) is -0.513. The van der Waals surface area contributed by atoms with Gasteiger partial charge in [0.2, 0.25) is 0 Å². The van der Waals surface area contributed by atoms with Gasteiger partial charge >= 0.3 is 0 Å². The molecule has 1 fully saturated rings. The van der Waals surface area contributed by atoms with Crippen LogP contribution in [0.5, 0.6) is 0 Å². The molecule has 6 nitrogen and oxygen atoms in total. The molecule has 0 aromatic heterocycles. The average Bonchev–Trinajstić information content (AvgIpc) is 2.99. The topological polar surface area (TPSA) is 65.3 Å². The van der Waals surface area contributed by atoms with Crippen LogP contribution in [0.25, 0.3) is 0 Å². The molecule has 2 aliphatic heterocycles. The molecule has 0 radical (unpaired) electrons. The van der Waals surface area contributed by atoms with E-state index in [2.05, 4.69) is 17.3 Å². The summed E-state index contributed by atoms with van der Waals surface area (Å²) in [6, 6.07) is 7.73. The Labute approximate surface area is 117 Å². The van der Waals surface area contributed by atoms with Crippen LogP contribution in [0.15, 0.2) is 40.7 Å². The Bertz CT molecular complexity index is 558. The van der Waals surface area contributed by atoms with Gasteiger partial charge in [-0.1, -0.05) is 36.8 Å². The van der Waals surface area contributed by atoms with Gasteiger partial charge in [0.25, 0.3) is 11.8 Å². The number of fused-ring (bicyclic) bond motifs is 1. The fraction of sp³-hybridized carbons (Fsp3) is 0.429. The van der Waals surface area contributed by atoms with Crippen LogP contribution in [-0.4, -0.2) is 35.5 Å². The summed E-state index contributed by atoms with van der Waals surface area (Å²) in [6.07, 6.45) is 1.93. The van der Waals surface area contributed by atoms with E-state index in [0.29, 0.717) is 12.2 Å². The summed E-state index contributed by atoms with van der Waals surface area (Å²) >= 11 is 0. The molecule has 0 spiro atoms. The Balaban J connectivity index is 1.86. The van der Waals surface area contributed by atoms with Gasteiger partial charge in [-0.15, -0.1) is 0 Å². The summed E-state index contributed by atoms with van der Waals surface area (Å²) in [7, 11) is 0. The van der Waals surface area contributed by atoms with Crippen LogP contribution < -0.4 is 4.90 Å². The smallest absolute Gasteiger partial charge is 0.263 e. The molecule has 0 N–H and O–H groups in total. The maximum absolute atomic E-state index is 12.5. The monoisotopic (exact) mass is 274 g/mol. The number of amides is 2. The first-order valence-electron chi connectivity index (χ1n) is 6.84. The number of benzene rings is 1. The molecule has 0 bridgehead atoms. The molecule has 3 rings (SSSR count). The Hall–Kier alpha value is -2.24. The predicted octanol–water partition coefficient (Wildman–Crippen LogP) is 1.78. The van der Waals surface area contributed by atoms with Gasteiger partial charge in [-0.05, 0) is 18.6 Å². The number of carbonyl (C=O) groups is 2. The lowest BCUT2D eigenvalue weighted by molar-refractivity contribution is -0.123. The summed E-state index contributed by atoms with van der Waals surface area (Å²) in [6.45, 7) is 2.73. The van der Waals surface area contributed by atoms with Crippen molar-refractivity contribution >= 4 is 17.5 Å². The van der Waals surface area contributed by atoms with Crippen molar-refractivity contribution < 1.29 is 9.59 Å². The zero-order chi connectivity index (χ0) is 14.1. The molecule has 2 amide bonds. The minimum atomic E-state index is -0.681. The Morgan fingerprint density at radius 3 is 2.60 bits per heavy atom. The van der Waals surface area contributed by atoms with E-state index in [1.807, 2.05) is 6.07 Å². The summed E-state index contributed by atoms with van der Waals surface area (Å²) < 4.78 is 0. The lowest BCUT2D eigenvalue weighted by Crippen LogP contribution is -2.40. The van der Waals surface area contributed by atoms with Crippen LogP contribution in [0.4, 0.5) is 5.69 Å². The van der Waals surface area contributed by atoms with Gasteiger partial charge in [-0.25, -0.2) is 4.90 Å². The second-order valence-electron chi connectivity index (χ2n) is 4.96. The standard InChI is InChI=1S/C14H16N4O2/c1-2-3-9-17-12-11(15-16-17)13(19)18(14(12)20)10-7-5-4-6-8-10/h4-8,11-12H,2-3,9H2,1H3/t11-,12+/m1/s1/i15+1,17+1. The second kappa shape index (κ2) is 5.03. The van der Waals surface area contributed by atoms with Crippen LogP contribution in [0, 0.1) is 0 Å². The van der Waals surface area contributed by atoms with Crippen molar-refractivity contribution in [3.8, 4) is 0 Å². The number of carbonyl (C=O) groups excluding carboxylic acids is 2. The van der Waals surface area contributed by atoms with Crippen molar-refractivity contribution in [3.63, 3.8) is 0 Å². The molecule has 0 aliphatic carbocycles. The molecule has 1 aromatic carbocycles. The number of para-hydroxylation sites is 1. The van der Waals surface area contributed by atoms with Crippen molar-refractivity contribution in [1.82, 2.24) is 5.01 Å². The lowest BCUT2D eigenvalue weighted by Gasteiger charge is -2.20. The average molecular weight is 274 g/mol. The third-order valence-electron chi connectivity index (χ3n) is 3.61. The predicted molar refractivity (Wildman–Crippen MR) is 73.0 cm³/mol. The third-order valence-corrected chi connectivity index (χ3v) is 3.61. The highest BCUT2D eigenvalue weighted by Crippen LogP contribution is 2.31. The molecule has 0 unspecified atom stereocenters. The van der Waals surface area contributed by atoms with E-state index in [1.54, 1.807) is 29.3 Å². The van der Waals surface area contributed by atoms with E-state index in [-0.39, 0.29) is 11.8 Å². The molecule has 2 heterocycles. The summed E-state index contributed by atoms with van der Waals surface area (Å²) in [4.78, 5) is 26.1. The molecule has 104 valence electrons. The van der Waals surface area contributed by atoms with E-state index in [4.69, 9.17) is 0 Å². The first-order valence-corrected chi connectivity index (χ1v) is 6.84. The maximum Gasteiger partial charge on any atom is 0.263 e. The highest BCUT2D eigenvalue weighted by molar-refractivity contribution is 6.25. The largest absolute Gasteiger partial charge is 0.271 e. The second-order valence-corrected chi connectivity index (χ2v) is 4.96. The Kier molecular flexibility index (Phi) is 3.22. The molecular weight excluding hydrogens is 258 g/mol. The third kappa shape index (κ3) is 1.88. The normalized spacial score (nSPS) is 24.6. The number of anilines is 1. The first-order chi connectivity index (χ1) is 9.74. The number of rotatable bonds is 4. The van der Waals surface area contributed by atoms with E-state index >= 15 is 0 Å². The zero-order valence-corrected chi connectivity index (χ0v) is 11.3. The molecule has 2 aliphatic rings. The van der Waals surface area contributed by atoms with Crippen LogP contribution in [0.3, 0.4) is 0 Å². The van der Waals surface area contributed by atoms with Gasteiger partial charge < -0.3 is 0 Å². The minimum Gasteiger partial charge on any atom is -0.271 e. The van der Waals surface area contributed by atoms with Gasteiger partial charge in [0.05, 0.1) is 5.69 Å². The van der Waals surface area contributed by atoms with Crippen LogP contribution in [0.1, 0.15) is 19.8 Å². The van der Waals surface area contributed by atoms with Gasteiger partial charge in [0.15, 0.2) is 12.1 Å². The maximum atomic E-state index is 12.5. The number of imide groups is 1. The lowest BCUT2D eigenvalue weighted by atomic mass is 10.2. The van der Waals surface area contributed by atoms with E-state index < -0.39 is 12.1 Å². The van der Waals surface area contributed by atoms with E-state index in [1.165, 1.54) is 4.90 Å². The number of hydrogen-bond donors (Lipinski definition) is 0. The highest BCUT2D eigenvalue weighted by atomic mass is 16.3. The SMILES string of the molecule is CCCC[15N]1N=[15N][C@H]2C(=O)N(c3ccccc3)C(=O)[C@H]21. The Morgan fingerprint density at radius 2 is 1.90 bits per heavy atom. The van der Waals surface area contributed by atoms with Gasteiger partial charge in [0.1, 0.15) is 0 Å². The molecular formula is C14H16N4O2. The van der Waals surface area contributed by atoms with Crippen LogP contribution in [-0.2, 0) is 9.59 Å². The van der Waals surface area contributed by atoms with Crippen LogP contribution >= 0.6 is 0 Å². The molecule has 6 heteroatoms. The van der Waals surface area contributed by atoms with Crippen molar-refractivity contribution in [2.45, 2.75) is 31.8 Å². The van der Waals surface area contributed by atoms with Crippen molar-refractivity contribution in [2.75, 3.05) is 11.4 Å². The van der Waals surface area contributed by atoms with Crippen molar-refractivity contribution in [3.05, 3.63) is 30.3 Å². The molecule has 20 heavy (non-hydrogen) atoms. The molecule has 1 saturated heterocycles. The molecule has 1 aromatic rings. The summed E-state index contributed by atoms with van der Waals surface area (Å²) in [5, 5.41) is 9.60. The van der Waals surface area contributed by atoms with Gasteiger partial charge in [-0.3, -0.25) is 14.6 Å². The van der Waals surface area contributed by atoms with E-state index in [9.17, 15) is 9.59 Å². The fourth-order valence-corrected chi connectivity index (χ4v) is 2.56. The van der Waals surface area contributed by atoms with Gasteiger partial charge in [-0.2, -0.15) is 5.11 Å². The number of nitrogens with zero attached hydrogens (tertiary/aromatic N) is 4.